The van der Waals surface area contributed by atoms with Gasteiger partial charge in [0, 0.05) is 0 Å². The van der Waals surface area contributed by atoms with Gasteiger partial charge in [0.2, 0.25) is 0 Å². The number of aliphatic hydroxyl groups is 1. The molecule has 1 aliphatic carbocycles. The van der Waals surface area contributed by atoms with E-state index in [4.69, 9.17) is 5.73 Å². The molecule has 0 aromatic rings. The zero-order valence-electron chi connectivity index (χ0n) is 8.14. The lowest BCUT2D eigenvalue weighted by molar-refractivity contribution is -0.153. The number of aliphatic hydroxyl groups excluding tert-OH is 1. The number of carbonyl (C=O) groups is 1. The molecule has 0 aromatic carbocycles. The molecule has 2 atom stereocenters. The van der Waals surface area contributed by atoms with Gasteiger partial charge in [0.1, 0.15) is 0 Å². The molecule has 1 aliphatic rings. The summed E-state index contributed by atoms with van der Waals surface area (Å²) in [5.74, 6) is -0.659. The van der Waals surface area contributed by atoms with Gasteiger partial charge in [-0.25, -0.2) is 4.79 Å². The third-order valence-corrected chi connectivity index (χ3v) is 2.10. The van der Waals surface area contributed by atoms with Crippen molar-refractivity contribution in [1.82, 2.24) is 0 Å². The number of ether oxygens (including phenoxy) is 1. The summed E-state index contributed by atoms with van der Waals surface area (Å²) in [4.78, 5) is 11.1. The molecule has 0 fully saturated rings. The van der Waals surface area contributed by atoms with Gasteiger partial charge in [-0.15, -0.1) is 0 Å². The highest BCUT2D eigenvalue weighted by atomic mass is 16.5. The van der Waals surface area contributed by atoms with E-state index in [0.29, 0.717) is 6.42 Å². The second-order valence-corrected chi connectivity index (χ2v) is 3.10. The van der Waals surface area contributed by atoms with E-state index >= 15 is 0 Å². The number of hydrogen-bond acceptors (Lipinski definition) is 4. The Balaban J connectivity index is 2.51. The van der Waals surface area contributed by atoms with Crippen LogP contribution in [-0.4, -0.2) is 29.8 Å². The van der Waals surface area contributed by atoms with Crippen molar-refractivity contribution in [3.63, 3.8) is 0 Å². The topological polar surface area (TPSA) is 72.5 Å². The lowest BCUT2D eigenvalue weighted by Gasteiger charge is -2.18. The Morgan fingerprint density at radius 2 is 2.50 bits per heavy atom. The highest BCUT2D eigenvalue weighted by Crippen LogP contribution is 2.16. The van der Waals surface area contributed by atoms with Gasteiger partial charge in [-0.1, -0.05) is 18.2 Å². The summed E-state index contributed by atoms with van der Waals surface area (Å²) in [6, 6.07) is -0.663. The van der Waals surface area contributed by atoms with Gasteiger partial charge in [0.25, 0.3) is 0 Å². The van der Waals surface area contributed by atoms with Crippen molar-refractivity contribution in [2.75, 3.05) is 6.61 Å². The van der Waals surface area contributed by atoms with Crippen molar-refractivity contribution in [3.05, 3.63) is 23.8 Å². The average molecular weight is 197 g/mol. The van der Waals surface area contributed by atoms with Gasteiger partial charge in [0.05, 0.1) is 12.6 Å². The molecule has 4 heteroatoms. The Bertz CT molecular complexity index is 271. The third kappa shape index (κ3) is 2.43. The van der Waals surface area contributed by atoms with E-state index in [9.17, 15) is 9.90 Å². The first-order chi connectivity index (χ1) is 6.66. The third-order valence-electron chi connectivity index (χ3n) is 2.10. The van der Waals surface area contributed by atoms with Gasteiger partial charge in [-0.05, 0) is 18.9 Å². The van der Waals surface area contributed by atoms with Crippen molar-refractivity contribution >= 4 is 5.97 Å². The minimum atomic E-state index is -1.26. The molecule has 0 unspecified atom stereocenters. The monoisotopic (exact) mass is 197 g/mol. The lowest BCUT2D eigenvalue weighted by Crippen LogP contribution is -2.42. The van der Waals surface area contributed by atoms with Gasteiger partial charge < -0.3 is 15.6 Å². The van der Waals surface area contributed by atoms with Crippen LogP contribution in [0.1, 0.15) is 13.3 Å². The number of carbonyl (C=O) groups excluding carboxylic acids is 1. The number of allylic oxidation sites excluding steroid dienone is 3. The summed E-state index contributed by atoms with van der Waals surface area (Å²) < 4.78 is 4.67. The van der Waals surface area contributed by atoms with Gasteiger partial charge >= 0.3 is 5.97 Å². The maximum absolute atomic E-state index is 11.1. The number of rotatable bonds is 4. The first-order valence-electron chi connectivity index (χ1n) is 4.62. The minimum absolute atomic E-state index is 0.250. The first kappa shape index (κ1) is 10.9. The largest absolute Gasteiger partial charge is 0.464 e. The smallest absolute Gasteiger partial charge is 0.336 e. The van der Waals surface area contributed by atoms with Gasteiger partial charge in [-0.3, -0.25) is 0 Å². The minimum Gasteiger partial charge on any atom is -0.464 e. The van der Waals surface area contributed by atoms with Gasteiger partial charge in [-0.2, -0.15) is 0 Å². The highest BCUT2D eigenvalue weighted by molar-refractivity contribution is 5.76. The van der Waals surface area contributed by atoms with E-state index < -0.39 is 18.1 Å². The van der Waals surface area contributed by atoms with E-state index in [0.717, 1.165) is 5.57 Å². The summed E-state index contributed by atoms with van der Waals surface area (Å²) in [5.41, 5.74) is 6.55. The van der Waals surface area contributed by atoms with Crippen LogP contribution in [0.25, 0.3) is 0 Å². The molecule has 78 valence electrons. The predicted octanol–water partition coefficient (Wildman–Crippen LogP) is 0.124. The van der Waals surface area contributed by atoms with Crippen molar-refractivity contribution in [2.45, 2.75) is 25.5 Å². The van der Waals surface area contributed by atoms with E-state index in [1.165, 1.54) is 0 Å². The standard InChI is InChI=1S/C10H15NO3/c1-2-14-10(13)9(12)8(11)7-5-3-4-6-7/h3-5,8-9,12H,2,6,11H2,1H3/t8-,9+/m1/s1. The van der Waals surface area contributed by atoms with Crippen molar-refractivity contribution < 1.29 is 14.6 Å². The van der Waals surface area contributed by atoms with E-state index in [-0.39, 0.29) is 6.61 Å². The van der Waals surface area contributed by atoms with E-state index in [1.54, 1.807) is 6.92 Å². The van der Waals surface area contributed by atoms with Crippen LogP contribution in [0.2, 0.25) is 0 Å². The zero-order chi connectivity index (χ0) is 10.6. The van der Waals surface area contributed by atoms with Crippen LogP contribution in [0, 0.1) is 0 Å². The molecular weight excluding hydrogens is 182 g/mol. The molecule has 0 heterocycles. The Labute approximate surface area is 83.0 Å². The Morgan fingerprint density at radius 1 is 1.79 bits per heavy atom. The summed E-state index contributed by atoms with van der Waals surface area (Å²) in [5, 5.41) is 9.51. The first-order valence-corrected chi connectivity index (χ1v) is 4.62. The average Bonchev–Trinajstić information content (AvgIpc) is 2.68. The fourth-order valence-electron chi connectivity index (χ4n) is 1.29. The molecular formula is C10H15NO3. The number of hydrogen-bond donors (Lipinski definition) is 2. The molecule has 1 rings (SSSR count). The normalized spacial score (nSPS) is 18.9. The van der Waals surface area contributed by atoms with Crippen LogP contribution in [0.5, 0.6) is 0 Å². The summed E-state index contributed by atoms with van der Waals surface area (Å²) in [7, 11) is 0. The predicted molar refractivity (Wildman–Crippen MR) is 52.5 cm³/mol. The Morgan fingerprint density at radius 3 is 3.00 bits per heavy atom. The second kappa shape index (κ2) is 4.93. The fourth-order valence-corrected chi connectivity index (χ4v) is 1.29. The van der Waals surface area contributed by atoms with Crippen molar-refractivity contribution in [3.8, 4) is 0 Å². The van der Waals surface area contributed by atoms with Crippen LogP contribution in [0.4, 0.5) is 0 Å². The SMILES string of the molecule is CCOC(=O)[C@@H](O)[C@H](N)C1=CC=CC1. The molecule has 0 amide bonds. The van der Waals surface area contributed by atoms with Crippen molar-refractivity contribution in [1.29, 1.82) is 0 Å². The molecule has 0 radical (unpaired) electrons. The molecule has 0 bridgehead atoms. The number of nitrogens with two attached hydrogens (primary N) is 1. The number of esters is 1. The maximum Gasteiger partial charge on any atom is 0.336 e. The lowest BCUT2D eigenvalue weighted by atomic mass is 10.0. The molecule has 0 aromatic heterocycles. The molecule has 0 saturated carbocycles. The van der Waals surface area contributed by atoms with E-state index in [2.05, 4.69) is 4.74 Å². The molecule has 0 spiro atoms. The maximum atomic E-state index is 11.1. The quantitative estimate of drug-likeness (QED) is 0.628. The molecule has 14 heavy (non-hydrogen) atoms. The fraction of sp³-hybridized carbons (Fsp3) is 0.500. The second-order valence-electron chi connectivity index (χ2n) is 3.10. The summed E-state index contributed by atoms with van der Waals surface area (Å²) in [6.45, 7) is 1.94. The zero-order valence-corrected chi connectivity index (χ0v) is 8.14. The summed E-state index contributed by atoms with van der Waals surface area (Å²) in [6.07, 6.45) is 5.02. The molecule has 0 saturated heterocycles. The van der Waals surface area contributed by atoms with E-state index in [1.807, 2.05) is 18.2 Å². The van der Waals surface area contributed by atoms with Crippen LogP contribution >= 0.6 is 0 Å². The Kier molecular flexibility index (Phi) is 3.85. The van der Waals surface area contributed by atoms with Crippen molar-refractivity contribution in [2.24, 2.45) is 5.73 Å². The molecule has 3 N–H and O–H groups in total. The van der Waals surface area contributed by atoms with Crippen LogP contribution in [-0.2, 0) is 9.53 Å². The molecule has 0 aliphatic heterocycles. The molecule has 4 nitrogen and oxygen atoms in total. The van der Waals surface area contributed by atoms with Gasteiger partial charge in [0.15, 0.2) is 6.10 Å². The Hall–Kier alpha value is -1.13. The highest BCUT2D eigenvalue weighted by Gasteiger charge is 2.26. The van der Waals surface area contributed by atoms with Crippen LogP contribution < -0.4 is 5.73 Å². The van der Waals surface area contributed by atoms with Crippen LogP contribution in [0.3, 0.4) is 0 Å². The van der Waals surface area contributed by atoms with Crippen LogP contribution in [0.15, 0.2) is 23.8 Å². The summed E-state index contributed by atoms with van der Waals surface area (Å²) >= 11 is 0.